The monoisotopic (exact) mass is 246 g/mol. The van der Waals surface area contributed by atoms with E-state index in [1.165, 1.54) is 6.07 Å². The molecule has 0 radical (unpaired) electrons. The molecule has 3 N–H and O–H groups in total. The fraction of sp³-hybridized carbons (Fsp3) is 0.400. The van der Waals surface area contributed by atoms with Gasteiger partial charge in [0.2, 0.25) is 10.0 Å². The number of sulfonamides is 1. The lowest BCUT2D eigenvalue weighted by atomic mass is 10.3. The van der Waals surface area contributed by atoms with Gasteiger partial charge in [-0.05, 0) is 31.5 Å². The summed E-state index contributed by atoms with van der Waals surface area (Å²) in [5, 5.41) is 0. The maximum atomic E-state index is 12.9. The van der Waals surface area contributed by atoms with E-state index in [4.69, 9.17) is 5.73 Å². The predicted octanol–water partition coefficient (Wildman–Crippen LogP) is 1.48. The first-order valence-electron chi connectivity index (χ1n) is 4.94. The zero-order valence-electron chi connectivity index (χ0n) is 9.20. The molecule has 1 aromatic carbocycles. The predicted molar refractivity (Wildman–Crippen MR) is 60.9 cm³/mol. The normalized spacial score (nSPS) is 13.7. The van der Waals surface area contributed by atoms with Gasteiger partial charge in [0.1, 0.15) is 5.82 Å². The average molecular weight is 246 g/mol. The third kappa shape index (κ3) is 2.93. The molecule has 0 aliphatic heterocycles. The molecular weight excluding hydrogens is 231 g/mol. The standard InChI is InChI=1S/C10H15FN2O2S/c1-3-7(2)13-16(14,15)8-4-5-9(11)10(12)6-8/h4-7,13H,3,12H2,1-2H3. The summed E-state index contributed by atoms with van der Waals surface area (Å²) in [5.74, 6) is -0.623. The Labute approximate surface area is 94.7 Å². The fourth-order valence-electron chi connectivity index (χ4n) is 1.11. The fourth-order valence-corrected chi connectivity index (χ4v) is 2.47. The lowest BCUT2D eigenvalue weighted by molar-refractivity contribution is 0.555. The summed E-state index contributed by atoms with van der Waals surface area (Å²) in [6, 6.07) is 3.17. The first-order chi connectivity index (χ1) is 7.36. The molecule has 0 heterocycles. The Morgan fingerprint density at radius 3 is 2.62 bits per heavy atom. The molecule has 6 heteroatoms. The number of nitrogen functional groups attached to an aromatic ring is 1. The van der Waals surface area contributed by atoms with Gasteiger partial charge in [-0.1, -0.05) is 6.92 Å². The van der Waals surface area contributed by atoms with Crippen molar-refractivity contribution >= 4 is 15.7 Å². The molecule has 4 nitrogen and oxygen atoms in total. The molecule has 0 spiro atoms. The molecule has 0 saturated carbocycles. The van der Waals surface area contributed by atoms with Crippen LogP contribution in [0.1, 0.15) is 20.3 Å². The molecule has 1 rings (SSSR count). The van der Waals surface area contributed by atoms with Gasteiger partial charge in [0.25, 0.3) is 0 Å². The smallest absolute Gasteiger partial charge is 0.240 e. The van der Waals surface area contributed by atoms with Gasteiger partial charge in [0, 0.05) is 6.04 Å². The van der Waals surface area contributed by atoms with E-state index in [1.807, 2.05) is 6.92 Å². The molecule has 1 unspecified atom stereocenters. The maximum Gasteiger partial charge on any atom is 0.240 e. The second-order valence-corrected chi connectivity index (χ2v) is 5.33. The lowest BCUT2D eigenvalue weighted by Gasteiger charge is -2.12. The van der Waals surface area contributed by atoms with Crippen molar-refractivity contribution < 1.29 is 12.8 Å². The first-order valence-corrected chi connectivity index (χ1v) is 6.42. The summed E-state index contributed by atoms with van der Waals surface area (Å²) in [6.45, 7) is 3.62. The molecule has 0 saturated heterocycles. The molecule has 0 bridgehead atoms. The van der Waals surface area contributed by atoms with E-state index in [2.05, 4.69) is 4.72 Å². The van der Waals surface area contributed by atoms with Gasteiger partial charge in [-0.2, -0.15) is 0 Å². The van der Waals surface area contributed by atoms with Gasteiger partial charge in [-0.3, -0.25) is 0 Å². The van der Waals surface area contributed by atoms with E-state index in [-0.39, 0.29) is 16.6 Å². The Morgan fingerprint density at radius 2 is 2.12 bits per heavy atom. The minimum absolute atomic E-state index is 0.0216. The summed E-state index contributed by atoms with van der Waals surface area (Å²) in [7, 11) is -3.61. The van der Waals surface area contributed by atoms with E-state index >= 15 is 0 Å². The van der Waals surface area contributed by atoms with Gasteiger partial charge >= 0.3 is 0 Å². The molecule has 16 heavy (non-hydrogen) atoms. The van der Waals surface area contributed by atoms with Crippen LogP contribution in [0.25, 0.3) is 0 Å². The van der Waals surface area contributed by atoms with Crippen molar-refractivity contribution in [1.29, 1.82) is 0 Å². The molecule has 0 aliphatic rings. The zero-order valence-corrected chi connectivity index (χ0v) is 10.0. The second-order valence-electron chi connectivity index (χ2n) is 3.61. The Morgan fingerprint density at radius 1 is 1.50 bits per heavy atom. The van der Waals surface area contributed by atoms with Crippen molar-refractivity contribution in [1.82, 2.24) is 4.72 Å². The summed E-state index contributed by atoms with van der Waals surface area (Å²) in [6.07, 6.45) is 0.676. The summed E-state index contributed by atoms with van der Waals surface area (Å²) in [5.41, 5.74) is 5.14. The van der Waals surface area contributed by atoms with E-state index in [0.717, 1.165) is 12.1 Å². The Kier molecular flexibility index (Phi) is 3.88. The third-order valence-electron chi connectivity index (χ3n) is 2.25. The highest BCUT2D eigenvalue weighted by Crippen LogP contribution is 2.16. The molecular formula is C10H15FN2O2S. The molecule has 0 aromatic heterocycles. The minimum atomic E-state index is -3.61. The first kappa shape index (κ1) is 12.9. The minimum Gasteiger partial charge on any atom is -0.396 e. The highest BCUT2D eigenvalue weighted by molar-refractivity contribution is 7.89. The lowest BCUT2D eigenvalue weighted by Crippen LogP contribution is -2.32. The number of anilines is 1. The number of hydrogen-bond acceptors (Lipinski definition) is 3. The van der Waals surface area contributed by atoms with Crippen molar-refractivity contribution in [3.05, 3.63) is 24.0 Å². The number of nitrogens with one attached hydrogen (secondary N) is 1. The largest absolute Gasteiger partial charge is 0.396 e. The number of nitrogens with two attached hydrogens (primary N) is 1. The van der Waals surface area contributed by atoms with Crippen molar-refractivity contribution in [3.63, 3.8) is 0 Å². The van der Waals surface area contributed by atoms with Crippen LogP contribution in [0.3, 0.4) is 0 Å². The Balaban J connectivity index is 3.03. The van der Waals surface area contributed by atoms with E-state index < -0.39 is 15.8 Å². The van der Waals surface area contributed by atoms with Gasteiger partial charge in [0.15, 0.2) is 0 Å². The molecule has 1 aromatic rings. The van der Waals surface area contributed by atoms with Gasteiger partial charge in [0.05, 0.1) is 10.6 Å². The molecule has 0 aliphatic carbocycles. The topological polar surface area (TPSA) is 72.2 Å². The number of halogens is 1. The maximum absolute atomic E-state index is 12.9. The van der Waals surface area contributed by atoms with Crippen molar-refractivity contribution in [2.75, 3.05) is 5.73 Å². The average Bonchev–Trinajstić information content (AvgIpc) is 2.21. The van der Waals surface area contributed by atoms with Crippen molar-refractivity contribution in [3.8, 4) is 0 Å². The highest BCUT2D eigenvalue weighted by Gasteiger charge is 2.17. The van der Waals surface area contributed by atoms with Gasteiger partial charge in [-0.25, -0.2) is 17.5 Å². The van der Waals surface area contributed by atoms with Crippen LogP contribution in [-0.2, 0) is 10.0 Å². The molecule has 0 fully saturated rings. The highest BCUT2D eigenvalue weighted by atomic mass is 32.2. The number of benzene rings is 1. The van der Waals surface area contributed by atoms with Crippen LogP contribution in [0, 0.1) is 5.82 Å². The molecule has 90 valence electrons. The molecule has 0 amide bonds. The third-order valence-corrected chi connectivity index (χ3v) is 3.83. The van der Waals surface area contributed by atoms with Crippen molar-refractivity contribution in [2.24, 2.45) is 0 Å². The van der Waals surface area contributed by atoms with Gasteiger partial charge < -0.3 is 5.73 Å². The van der Waals surface area contributed by atoms with E-state index in [0.29, 0.717) is 6.42 Å². The van der Waals surface area contributed by atoms with Crippen LogP contribution >= 0.6 is 0 Å². The van der Waals surface area contributed by atoms with Crippen LogP contribution in [0.15, 0.2) is 23.1 Å². The quantitative estimate of drug-likeness (QED) is 0.790. The zero-order chi connectivity index (χ0) is 12.3. The summed E-state index contributed by atoms with van der Waals surface area (Å²) in [4.78, 5) is -0.0216. The Hall–Kier alpha value is -1.14. The van der Waals surface area contributed by atoms with Crippen molar-refractivity contribution in [2.45, 2.75) is 31.2 Å². The Bertz CT molecular complexity index is 474. The van der Waals surface area contributed by atoms with E-state index in [1.54, 1.807) is 6.92 Å². The molecule has 1 atom stereocenters. The summed E-state index contributed by atoms with van der Waals surface area (Å²) < 4.78 is 38.9. The number of rotatable bonds is 4. The number of hydrogen-bond donors (Lipinski definition) is 2. The van der Waals surface area contributed by atoms with Crippen LogP contribution in [-0.4, -0.2) is 14.5 Å². The van der Waals surface area contributed by atoms with Crippen LogP contribution < -0.4 is 10.5 Å². The SMILES string of the molecule is CCC(C)NS(=O)(=O)c1ccc(F)c(N)c1. The van der Waals surface area contributed by atoms with Crippen LogP contribution in [0.5, 0.6) is 0 Å². The van der Waals surface area contributed by atoms with Crippen LogP contribution in [0.2, 0.25) is 0 Å². The second kappa shape index (κ2) is 4.80. The van der Waals surface area contributed by atoms with E-state index in [9.17, 15) is 12.8 Å². The summed E-state index contributed by atoms with van der Waals surface area (Å²) >= 11 is 0. The van der Waals surface area contributed by atoms with Gasteiger partial charge in [-0.15, -0.1) is 0 Å². The van der Waals surface area contributed by atoms with Crippen LogP contribution in [0.4, 0.5) is 10.1 Å².